The Balaban J connectivity index is 2.88. The lowest BCUT2D eigenvalue weighted by Gasteiger charge is -2.24. The van der Waals surface area contributed by atoms with Crippen molar-refractivity contribution >= 4 is 16.4 Å². The van der Waals surface area contributed by atoms with Crippen LogP contribution < -0.4 is 0 Å². The zero-order valence-electron chi connectivity index (χ0n) is 11.7. The molecule has 1 aliphatic rings. The summed E-state index contributed by atoms with van der Waals surface area (Å²) >= 11 is 0. The molecule has 0 spiro atoms. The molecular formula is C11H21NO5S. The first-order valence-electron chi connectivity index (χ1n) is 5.77. The monoisotopic (exact) mass is 279 g/mol. The van der Waals surface area contributed by atoms with Crippen LogP contribution in [0.15, 0.2) is 0 Å². The molecule has 0 aromatic rings. The number of hydrogen-bond acceptors (Lipinski definition) is 5. The maximum atomic E-state index is 11.8. The Hall–Kier alpha value is -0.820. The van der Waals surface area contributed by atoms with Crippen molar-refractivity contribution in [2.24, 2.45) is 5.41 Å². The summed E-state index contributed by atoms with van der Waals surface area (Å²) in [5.74, 6) is 0. The summed E-state index contributed by atoms with van der Waals surface area (Å²) in [4.78, 5) is 11.8. The molecule has 6 nitrogen and oxygen atoms in total. The fraction of sp³-hybridized carbons (Fsp3) is 0.909. The summed E-state index contributed by atoms with van der Waals surface area (Å²) in [7, 11) is -4.03. The first-order valence-corrected chi connectivity index (χ1v) is 7.13. The molecule has 1 atom stereocenters. The summed E-state index contributed by atoms with van der Waals surface area (Å²) in [6.45, 7) is 10.6. The van der Waals surface area contributed by atoms with Crippen LogP contribution in [0.3, 0.4) is 0 Å². The smallest absolute Gasteiger partial charge is 0.425 e. The normalized spacial score (nSPS) is 24.1. The zero-order chi connectivity index (χ0) is 14.4. The predicted octanol–water partition coefficient (Wildman–Crippen LogP) is 1.91. The highest BCUT2D eigenvalue weighted by Crippen LogP contribution is 2.32. The van der Waals surface area contributed by atoms with Crippen molar-refractivity contribution in [1.82, 2.24) is 4.31 Å². The second-order valence-corrected chi connectivity index (χ2v) is 7.91. The fourth-order valence-electron chi connectivity index (χ4n) is 1.37. The van der Waals surface area contributed by atoms with Crippen molar-refractivity contribution in [3.8, 4) is 0 Å². The van der Waals surface area contributed by atoms with Gasteiger partial charge in [0, 0.05) is 0 Å². The Morgan fingerprint density at radius 2 is 1.72 bits per heavy atom. The Kier molecular flexibility index (Phi) is 3.71. The molecule has 1 saturated heterocycles. The van der Waals surface area contributed by atoms with E-state index in [2.05, 4.69) is 0 Å². The second-order valence-electron chi connectivity index (χ2n) is 6.42. The van der Waals surface area contributed by atoms with Crippen LogP contribution in [0.4, 0.5) is 4.79 Å². The van der Waals surface area contributed by atoms with Crippen molar-refractivity contribution in [3.05, 3.63) is 0 Å². The molecule has 1 rings (SSSR count). The first-order chi connectivity index (χ1) is 7.83. The van der Waals surface area contributed by atoms with E-state index in [0.717, 1.165) is 0 Å². The molecule has 1 amide bonds. The minimum absolute atomic E-state index is 0.0131. The average Bonchev–Trinajstić information content (AvgIpc) is 2.36. The SMILES string of the molecule is CC(C)(C)OC(=O)N1C[C@@H](C(C)(C)C)OS1(=O)=O. The highest BCUT2D eigenvalue weighted by Gasteiger charge is 2.46. The third-order valence-corrected chi connectivity index (χ3v) is 3.72. The van der Waals surface area contributed by atoms with Crippen molar-refractivity contribution in [3.63, 3.8) is 0 Å². The van der Waals surface area contributed by atoms with Crippen molar-refractivity contribution in [2.45, 2.75) is 53.2 Å². The van der Waals surface area contributed by atoms with E-state index in [0.29, 0.717) is 4.31 Å². The van der Waals surface area contributed by atoms with Crippen LogP contribution in [0, 0.1) is 5.41 Å². The predicted molar refractivity (Wildman–Crippen MR) is 66.2 cm³/mol. The van der Waals surface area contributed by atoms with E-state index in [9.17, 15) is 13.2 Å². The summed E-state index contributed by atoms with van der Waals surface area (Å²) in [5, 5.41) is 0. The number of carbonyl (C=O) groups is 1. The van der Waals surface area contributed by atoms with Gasteiger partial charge in [0.05, 0.1) is 6.54 Å². The Labute approximate surface area is 109 Å². The van der Waals surface area contributed by atoms with E-state index in [1.54, 1.807) is 20.8 Å². The molecule has 0 aliphatic carbocycles. The Morgan fingerprint density at radius 3 is 2.06 bits per heavy atom. The number of nitrogens with zero attached hydrogens (tertiary/aromatic N) is 1. The molecule has 106 valence electrons. The molecule has 0 aromatic heterocycles. The van der Waals surface area contributed by atoms with Crippen LogP contribution in [-0.2, 0) is 19.2 Å². The minimum atomic E-state index is -4.03. The number of amides is 1. The van der Waals surface area contributed by atoms with Crippen LogP contribution in [-0.4, -0.2) is 37.1 Å². The van der Waals surface area contributed by atoms with Crippen LogP contribution in [0.1, 0.15) is 41.5 Å². The maximum Gasteiger partial charge on any atom is 0.425 e. The molecular weight excluding hydrogens is 258 g/mol. The topological polar surface area (TPSA) is 72.9 Å². The molecule has 7 heteroatoms. The van der Waals surface area contributed by atoms with E-state index in [4.69, 9.17) is 8.92 Å². The highest BCUT2D eigenvalue weighted by atomic mass is 32.2. The van der Waals surface area contributed by atoms with Gasteiger partial charge in [0.25, 0.3) is 0 Å². The van der Waals surface area contributed by atoms with Crippen molar-refractivity contribution < 1.29 is 22.1 Å². The van der Waals surface area contributed by atoms with E-state index >= 15 is 0 Å². The van der Waals surface area contributed by atoms with Gasteiger partial charge in [-0.25, -0.2) is 8.98 Å². The summed E-state index contributed by atoms with van der Waals surface area (Å²) < 4.78 is 34.1. The van der Waals surface area contributed by atoms with Gasteiger partial charge in [0.1, 0.15) is 11.7 Å². The summed E-state index contributed by atoms with van der Waals surface area (Å²) in [6.07, 6.45) is -1.45. The lowest BCUT2D eigenvalue weighted by atomic mass is 9.89. The molecule has 1 fully saturated rings. The Bertz CT molecular complexity index is 429. The molecule has 0 unspecified atom stereocenters. The first kappa shape index (κ1) is 15.2. The second kappa shape index (κ2) is 4.38. The molecule has 0 N–H and O–H groups in total. The van der Waals surface area contributed by atoms with Gasteiger partial charge in [0.15, 0.2) is 0 Å². The fourth-order valence-corrected chi connectivity index (χ4v) is 2.65. The van der Waals surface area contributed by atoms with E-state index in [-0.39, 0.29) is 12.0 Å². The standard InChI is InChI=1S/C11H21NO5S/c1-10(2,3)8-7-12(18(14,15)17-8)9(13)16-11(4,5)6/h8H,7H2,1-6H3/t8-/m0/s1. The molecule has 0 bridgehead atoms. The molecule has 0 radical (unpaired) electrons. The number of hydrogen-bond donors (Lipinski definition) is 0. The van der Waals surface area contributed by atoms with Gasteiger partial charge < -0.3 is 4.74 Å². The Morgan fingerprint density at radius 1 is 1.22 bits per heavy atom. The van der Waals surface area contributed by atoms with Gasteiger partial charge >= 0.3 is 16.4 Å². The average molecular weight is 279 g/mol. The van der Waals surface area contributed by atoms with Crippen LogP contribution in [0.2, 0.25) is 0 Å². The van der Waals surface area contributed by atoms with Gasteiger partial charge in [-0.1, -0.05) is 20.8 Å². The largest absolute Gasteiger partial charge is 0.443 e. The summed E-state index contributed by atoms with van der Waals surface area (Å²) in [6, 6.07) is 0. The van der Waals surface area contributed by atoms with Crippen molar-refractivity contribution in [1.29, 1.82) is 0 Å². The number of carbonyl (C=O) groups excluding carboxylic acids is 1. The van der Waals surface area contributed by atoms with Crippen molar-refractivity contribution in [2.75, 3.05) is 6.54 Å². The lowest BCUT2D eigenvalue weighted by molar-refractivity contribution is 0.0378. The third kappa shape index (κ3) is 3.58. The van der Waals surface area contributed by atoms with Gasteiger partial charge in [-0.3, -0.25) is 0 Å². The van der Waals surface area contributed by atoms with Crippen LogP contribution in [0.5, 0.6) is 0 Å². The van der Waals surface area contributed by atoms with E-state index in [1.165, 1.54) is 0 Å². The van der Waals surface area contributed by atoms with E-state index < -0.39 is 28.1 Å². The van der Waals surface area contributed by atoms with Crippen LogP contribution in [0.25, 0.3) is 0 Å². The van der Waals surface area contributed by atoms with Gasteiger partial charge in [-0.15, -0.1) is 0 Å². The molecule has 0 aromatic carbocycles. The van der Waals surface area contributed by atoms with Gasteiger partial charge in [-0.05, 0) is 26.2 Å². The van der Waals surface area contributed by atoms with Gasteiger partial charge in [0.2, 0.25) is 0 Å². The summed E-state index contributed by atoms with van der Waals surface area (Å²) in [5.41, 5.74) is -1.11. The number of ether oxygens (including phenoxy) is 1. The third-order valence-electron chi connectivity index (χ3n) is 2.40. The van der Waals surface area contributed by atoms with E-state index in [1.807, 2.05) is 20.8 Å². The maximum absolute atomic E-state index is 11.8. The quantitative estimate of drug-likeness (QED) is 0.677. The molecule has 1 heterocycles. The minimum Gasteiger partial charge on any atom is -0.443 e. The lowest BCUT2D eigenvalue weighted by Crippen LogP contribution is -2.39. The number of rotatable bonds is 0. The zero-order valence-corrected chi connectivity index (χ0v) is 12.5. The molecule has 18 heavy (non-hydrogen) atoms. The molecule has 0 saturated carbocycles. The van der Waals surface area contributed by atoms with Crippen LogP contribution >= 0.6 is 0 Å². The van der Waals surface area contributed by atoms with Gasteiger partial charge in [-0.2, -0.15) is 12.7 Å². The highest BCUT2D eigenvalue weighted by molar-refractivity contribution is 7.85. The molecule has 1 aliphatic heterocycles.